The third-order valence-corrected chi connectivity index (χ3v) is 5.50. The highest BCUT2D eigenvalue weighted by molar-refractivity contribution is 5.91. The lowest BCUT2D eigenvalue weighted by molar-refractivity contribution is 0.0734. The Kier molecular flexibility index (Phi) is 12.1. The molecule has 0 spiro atoms. The maximum atomic E-state index is 12.4. The SMILES string of the molecule is C=CCCCCOc1ccc(OC(=O)c2ccc(OCCCCCC(C)CC)cc2)cc1. The highest BCUT2D eigenvalue weighted by atomic mass is 16.5. The molecule has 0 aliphatic rings. The van der Waals surface area contributed by atoms with Gasteiger partial charge in [-0.25, -0.2) is 4.79 Å². The van der Waals surface area contributed by atoms with Crippen LogP contribution in [0.2, 0.25) is 0 Å². The van der Waals surface area contributed by atoms with Gasteiger partial charge in [-0.15, -0.1) is 6.58 Å². The second-order valence-electron chi connectivity index (χ2n) is 8.23. The average molecular weight is 439 g/mol. The van der Waals surface area contributed by atoms with E-state index in [0.29, 0.717) is 24.5 Å². The number of carbonyl (C=O) groups excluding carboxylic acids is 1. The maximum Gasteiger partial charge on any atom is 0.343 e. The second-order valence-corrected chi connectivity index (χ2v) is 8.23. The molecule has 0 bridgehead atoms. The van der Waals surface area contributed by atoms with Crippen LogP contribution in [0.15, 0.2) is 61.2 Å². The van der Waals surface area contributed by atoms with E-state index in [1.165, 1.54) is 25.7 Å². The molecule has 0 N–H and O–H groups in total. The van der Waals surface area contributed by atoms with E-state index in [2.05, 4.69) is 20.4 Å². The molecule has 0 aliphatic heterocycles. The number of esters is 1. The van der Waals surface area contributed by atoms with E-state index in [1.807, 2.05) is 30.3 Å². The quantitative estimate of drug-likeness (QED) is 0.117. The molecule has 2 aromatic rings. The predicted molar refractivity (Wildman–Crippen MR) is 131 cm³/mol. The third-order valence-electron chi connectivity index (χ3n) is 5.50. The van der Waals surface area contributed by atoms with Crippen molar-refractivity contribution in [2.75, 3.05) is 13.2 Å². The molecule has 0 fully saturated rings. The number of ether oxygens (including phenoxy) is 3. The molecular formula is C28H38O4. The van der Waals surface area contributed by atoms with Crippen LogP contribution in [-0.4, -0.2) is 19.2 Å². The smallest absolute Gasteiger partial charge is 0.343 e. The van der Waals surface area contributed by atoms with Gasteiger partial charge in [0.2, 0.25) is 0 Å². The van der Waals surface area contributed by atoms with Gasteiger partial charge in [-0.3, -0.25) is 0 Å². The van der Waals surface area contributed by atoms with Crippen molar-refractivity contribution in [3.63, 3.8) is 0 Å². The van der Waals surface area contributed by atoms with Gasteiger partial charge in [0, 0.05) is 0 Å². The van der Waals surface area contributed by atoms with E-state index < -0.39 is 0 Å². The molecule has 4 nitrogen and oxygen atoms in total. The molecule has 174 valence electrons. The van der Waals surface area contributed by atoms with Crippen LogP contribution < -0.4 is 14.2 Å². The fourth-order valence-electron chi connectivity index (χ4n) is 3.20. The van der Waals surface area contributed by atoms with Gasteiger partial charge in [0.1, 0.15) is 17.2 Å². The Balaban J connectivity index is 1.69. The van der Waals surface area contributed by atoms with Gasteiger partial charge >= 0.3 is 5.97 Å². The Morgan fingerprint density at radius 1 is 0.844 bits per heavy atom. The van der Waals surface area contributed by atoms with Crippen molar-refractivity contribution in [1.82, 2.24) is 0 Å². The summed E-state index contributed by atoms with van der Waals surface area (Å²) in [5.74, 6) is 2.46. The number of carbonyl (C=O) groups is 1. The van der Waals surface area contributed by atoms with E-state index in [4.69, 9.17) is 14.2 Å². The number of rotatable bonds is 16. The number of hydrogen-bond donors (Lipinski definition) is 0. The minimum atomic E-state index is -0.389. The molecule has 4 heteroatoms. The summed E-state index contributed by atoms with van der Waals surface area (Å²) in [6.07, 6.45) is 11.0. The molecule has 0 saturated heterocycles. The average Bonchev–Trinajstić information content (AvgIpc) is 2.82. The number of benzene rings is 2. The first-order valence-corrected chi connectivity index (χ1v) is 11.9. The fraction of sp³-hybridized carbons (Fsp3) is 0.464. The van der Waals surface area contributed by atoms with E-state index in [-0.39, 0.29) is 5.97 Å². The van der Waals surface area contributed by atoms with Crippen LogP contribution in [0.3, 0.4) is 0 Å². The molecule has 1 unspecified atom stereocenters. The predicted octanol–water partition coefficient (Wildman–Crippen LogP) is 7.63. The zero-order valence-corrected chi connectivity index (χ0v) is 19.7. The van der Waals surface area contributed by atoms with Gasteiger partial charge in [-0.05, 0) is 80.1 Å². The minimum absolute atomic E-state index is 0.389. The molecule has 2 rings (SSSR count). The first-order valence-electron chi connectivity index (χ1n) is 11.9. The first-order chi connectivity index (χ1) is 15.6. The fourth-order valence-corrected chi connectivity index (χ4v) is 3.20. The van der Waals surface area contributed by atoms with Crippen molar-refractivity contribution in [1.29, 1.82) is 0 Å². The van der Waals surface area contributed by atoms with Crippen LogP contribution in [0.4, 0.5) is 0 Å². The summed E-state index contributed by atoms with van der Waals surface area (Å²) in [7, 11) is 0. The first kappa shape index (κ1) is 25.5. The Labute approximate surface area is 193 Å². The van der Waals surface area contributed by atoms with E-state index in [9.17, 15) is 4.79 Å². The molecule has 1 atom stereocenters. The zero-order valence-electron chi connectivity index (χ0n) is 19.7. The van der Waals surface area contributed by atoms with Crippen molar-refractivity contribution < 1.29 is 19.0 Å². The monoisotopic (exact) mass is 438 g/mol. The van der Waals surface area contributed by atoms with Crippen molar-refractivity contribution >= 4 is 5.97 Å². The molecule has 0 aromatic heterocycles. The van der Waals surface area contributed by atoms with Crippen LogP contribution in [0.25, 0.3) is 0 Å². The Bertz CT molecular complexity index is 780. The van der Waals surface area contributed by atoms with Gasteiger partial charge in [-0.2, -0.15) is 0 Å². The Hall–Kier alpha value is -2.75. The van der Waals surface area contributed by atoms with Crippen LogP contribution in [0, 0.1) is 5.92 Å². The summed E-state index contributed by atoms with van der Waals surface area (Å²) in [6, 6.07) is 14.2. The highest BCUT2D eigenvalue weighted by Crippen LogP contribution is 2.20. The van der Waals surface area contributed by atoms with Crippen molar-refractivity contribution in [3.8, 4) is 17.2 Å². The largest absolute Gasteiger partial charge is 0.494 e. The van der Waals surface area contributed by atoms with Gasteiger partial charge in [0.25, 0.3) is 0 Å². The summed E-state index contributed by atoms with van der Waals surface area (Å²) in [6.45, 7) is 9.63. The molecule has 0 heterocycles. The summed E-state index contributed by atoms with van der Waals surface area (Å²) in [5.41, 5.74) is 0.494. The molecule has 0 aliphatic carbocycles. The van der Waals surface area contributed by atoms with Gasteiger partial charge < -0.3 is 14.2 Å². The molecule has 2 aromatic carbocycles. The summed E-state index contributed by atoms with van der Waals surface area (Å²) in [4.78, 5) is 12.4. The number of allylic oxidation sites excluding steroid dienone is 1. The molecule has 0 amide bonds. The lowest BCUT2D eigenvalue weighted by Gasteiger charge is -2.09. The Morgan fingerprint density at radius 3 is 2.00 bits per heavy atom. The summed E-state index contributed by atoms with van der Waals surface area (Å²) in [5, 5.41) is 0. The molecular weight excluding hydrogens is 400 g/mol. The van der Waals surface area contributed by atoms with Crippen LogP contribution >= 0.6 is 0 Å². The minimum Gasteiger partial charge on any atom is -0.494 e. The van der Waals surface area contributed by atoms with Crippen molar-refractivity contribution in [2.24, 2.45) is 5.92 Å². The number of unbranched alkanes of at least 4 members (excludes halogenated alkanes) is 4. The highest BCUT2D eigenvalue weighted by Gasteiger charge is 2.09. The second kappa shape index (κ2) is 15.1. The summed E-state index contributed by atoms with van der Waals surface area (Å²) < 4.78 is 16.9. The number of hydrogen-bond acceptors (Lipinski definition) is 4. The maximum absolute atomic E-state index is 12.4. The van der Waals surface area contributed by atoms with E-state index in [0.717, 1.165) is 43.1 Å². The topological polar surface area (TPSA) is 44.8 Å². The molecule has 0 saturated carbocycles. The lowest BCUT2D eigenvalue weighted by atomic mass is 10.0. The van der Waals surface area contributed by atoms with Gasteiger partial charge in [0.05, 0.1) is 18.8 Å². The van der Waals surface area contributed by atoms with E-state index in [1.54, 1.807) is 24.3 Å². The summed E-state index contributed by atoms with van der Waals surface area (Å²) >= 11 is 0. The lowest BCUT2D eigenvalue weighted by Crippen LogP contribution is -2.08. The Morgan fingerprint density at radius 2 is 1.41 bits per heavy atom. The zero-order chi connectivity index (χ0) is 23.0. The van der Waals surface area contributed by atoms with Gasteiger partial charge in [-0.1, -0.05) is 45.6 Å². The molecule has 0 radical (unpaired) electrons. The normalized spacial score (nSPS) is 11.6. The standard InChI is InChI=1S/C28H38O4/c1-4-6-7-10-21-31-26-17-19-27(20-18-26)32-28(29)24-13-15-25(16-14-24)30-22-11-8-9-12-23(3)5-2/h4,13-20,23H,1,5-12,21-22H2,2-3H3. The van der Waals surface area contributed by atoms with Gasteiger partial charge in [0.15, 0.2) is 0 Å². The molecule has 32 heavy (non-hydrogen) atoms. The van der Waals surface area contributed by atoms with E-state index >= 15 is 0 Å². The van der Waals surface area contributed by atoms with Crippen LogP contribution in [0.1, 0.15) is 75.6 Å². The van der Waals surface area contributed by atoms with Crippen LogP contribution in [-0.2, 0) is 0 Å². The van der Waals surface area contributed by atoms with Crippen molar-refractivity contribution in [3.05, 3.63) is 66.7 Å². The third kappa shape index (κ3) is 10.0. The van der Waals surface area contributed by atoms with Crippen molar-refractivity contribution in [2.45, 2.75) is 65.2 Å². The van der Waals surface area contributed by atoms with Crippen LogP contribution in [0.5, 0.6) is 17.2 Å².